The molecule has 164 valence electrons. The van der Waals surface area contributed by atoms with Gasteiger partial charge in [0.2, 0.25) is 10.6 Å². The number of ether oxygens (including phenoxy) is 3. The summed E-state index contributed by atoms with van der Waals surface area (Å²) < 4.78 is 18.4. The Morgan fingerprint density at radius 2 is 1.65 bits per heavy atom. The Balaban J connectivity index is 2.21. The van der Waals surface area contributed by atoms with E-state index in [1.54, 1.807) is 32.7 Å². The third-order valence-electron chi connectivity index (χ3n) is 5.11. The van der Waals surface area contributed by atoms with E-state index >= 15 is 0 Å². The van der Waals surface area contributed by atoms with E-state index in [1.165, 1.54) is 11.1 Å². The average molecular weight is 440 g/mol. The van der Waals surface area contributed by atoms with Crippen molar-refractivity contribution in [2.45, 2.75) is 27.7 Å². The summed E-state index contributed by atoms with van der Waals surface area (Å²) in [5.41, 5.74) is 6.30. The maximum absolute atomic E-state index is 5.54. The minimum absolute atomic E-state index is 0.559. The lowest BCUT2D eigenvalue weighted by Gasteiger charge is -2.14. The summed E-state index contributed by atoms with van der Waals surface area (Å²) in [6.45, 7) is 8.93. The fourth-order valence-electron chi connectivity index (χ4n) is 3.24. The van der Waals surface area contributed by atoms with E-state index in [1.807, 2.05) is 36.0 Å². The highest BCUT2D eigenvalue weighted by atomic mass is 32.1. The number of benzene rings is 2. The van der Waals surface area contributed by atoms with Gasteiger partial charge in [0.25, 0.3) is 0 Å². The fourth-order valence-corrected chi connectivity index (χ4v) is 4.14. The molecule has 1 aromatic heterocycles. The van der Waals surface area contributed by atoms with Gasteiger partial charge in [0.05, 0.1) is 32.7 Å². The van der Waals surface area contributed by atoms with Crippen LogP contribution in [0.1, 0.15) is 30.5 Å². The first-order valence-corrected chi connectivity index (χ1v) is 11.0. The molecule has 0 spiro atoms. The highest BCUT2D eigenvalue weighted by Crippen LogP contribution is 2.41. The van der Waals surface area contributed by atoms with E-state index in [9.17, 15) is 0 Å². The number of hydrogen-bond acceptors (Lipinski definition) is 6. The standard InChI is InChI=1S/C24H29N3O3S/c1-8-25-24-27(26-17(4)18-10-9-15(2)16(3)11-18)20(14-31-24)19-12-21(28-5)23(30-7)22(13-19)29-6/h9-14H,8H2,1-7H3. The molecule has 0 unspecified atom stereocenters. The van der Waals surface area contributed by atoms with Crippen molar-refractivity contribution >= 4 is 17.0 Å². The van der Waals surface area contributed by atoms with Gasteiger partial charge in [0.15, 0.2) is 11.5 Å². The number of hydrogen-bond donors (Lipinski definition) is 0. The summed E-state index contributed by atoms with van der Waals surface area (Å²) in [4.78, 5) is 5.47. The Kier molecular flexibility index (Phi) is 7.17. The Labute approximate surface area is 187 Å². The van der Waals surface area contributed by atoms with E-state index in [-0.39, 0.29) is 0 Å². The summed E-state index contributed by atoms with van der Waals surface area (Å²) in [6.07, 6.45) is 0. The van der Waals surface area contributed by atoms with Crippen LogP contribution in [0.15, 0.2) is 45.8 Å². The van der Waals surface area contributed by atoms with Gasteiger partial charge in [-0.3, -0.25) is 4.99 Å². The number of rotatable bonds is 7. The molecule has 1 heterocycles. The minimum Gasteiger partial charge on any atom is -0.493 e. The van der Waals surface area contributed by atoms with E-state index in [2.05, 4.69) is 37.0 Å². The van der Waals surface area contributed by atoms with E-state index in [0.29, 0.717) is 23.8 Å². The Hall–Kier alpha value is -3.06. The van der Waals surface area contributed by atoms with Gasteiger partial charge in [0.1, 0.15) is 0 Å². The second-order valence-corrected chi connectivity index (χ2v) is 7.92. The van der Waals surface area contributed by atoms with E-state index in [0.717, 1.165) is 27.3 Å². The molecule has 0 aliphatic rings. The van der Waals surface area contributed by atoms with Gasteiger partial charge in [-0.1, -0.05) is 12.1 Å². The maximum atomic E-state index is 5.54. The first-order chi connectivity index (χ1) is 14.9. The summed E-state index contributed by atoms with van der Waals surface area (Å²) >= 11 is 1.55. The van der Waals surface area contributed by atoms with E-state index < -0.39 is 0 Å². The van der Waals surface area contributed by atoms with Gasteiger partial charge in [-0.25, -0.2) is 4.68 Å². The molecule has 7 heteroatoms. The van der Waals surface area contributed by atoms with Crippen molar-refractivity contribution < 1.29 is 14.2 Å². The van der Waals surface area contributed by atoms with Crippen molar-refractivity contribution in [2.75, 3.05) is 27.9 Å². The van der Waals surface area contributed by atoms with Crippen LogP contribution in [-0.4, -0.2) is 38.3 Å². The predicted octanol–water partition coefficient (Wildman–Crippen LogP) is 5.05. The Bertz CT molecular complexity index is 1150. The van der Waals surface area contributed by atoms with Crippen LogP contribution in [0, 0.1) is 13.8 Å². The summed E-state index contributed by atoms with van der Waals surface area (Å²) in [5, 5.41) is 6.99. The molecule has 0 saturated carbocycles. The van der Waals surface area contributed by atoms with Gasteiger partial charge in [-0.05, 0) is 62.6 Å². The molecule has 0 atom stereocenters. The van der Waals surface area contributed by atoms with Crippen LogP contribution >= 0.6 is 11.3 Å². The number of aryl methyl sites for hydroxylation is 2. The predicted molar refractivity (Wildman–Crippen MR) is 127 cm³/mol. The van der Waals surface area contributed by atoms with Crippen LogP contribution < -0.4 is 19.0 Å². The molecule has 0 aliphatic carbocycles. The number of methoxy groups -OCH3 is 3. The molecule has 0 bridgehead atoms. The molecule has 31 heavy (non-hydrogen) atoms. The first-order valence-electron chi connectivity index (χ1n) is 10.1. The maximum Gasteiger partial charge on any atom is 0.206 e. The smallest absolute Gasteiger partial charge is 0.206 e. The van der Waals surface area contributed by atoms with Gasteiger partial charge < -0.3 is 14.2 Å². The summed E-state index contributed by atoms with van der Waals surface area (Å²) in [5.74, 6) is 1.75. The second-order valence-electron chi connectivity index (χ2n) is 7.09. The highest BCUT2D eigenvalue weighted by molar-refractivity contribution is 7.07. The number of aromatic nitrogens is 1. The molecule has 0 N–H and O–H groups in total. The van der Waals surface area contributed by atoms with Crippen LogP contribution in [0.3, 0.4) is 0 Å². The molecule has 0 fully saturated rings. The highest BCUT2D eigenvalue weighted by Gasteiger charge is 2.17. The van der Waals surface area contributed by atoms with Crippen molar-refractivity contribution in [3.05, 3.63) is 57.2 Å². The van der Waals surface area contributed by atoms with Crippen molar-refractivity contribution in [1.82, 2.24) is 4.68 Å². The molecular weight excluding hydrogens is 410 g/mol. The fraction of sp³-hybridized carbons (Fsp3) is 0.333. The zero-order chi connectivity index (χ0) is 22.5. The topological polar surface area (TPSA) is 57.3 Å². The lowest BCUT2D eigenvalue weighted by Crippen LogP contribution is -2.14. The monoisotopic (exact) mass is 439 g/mol. The summed E-state index contributed by atoms with van der Waals surface area (Å²) in [7, 11) is 4.82. The van der Waals surface area contributed by atoms with Gasteiger partial charge >= 0.3 is 0 Å². The van der Waals surface area contributed by atoms with Crippen LogP contribution in [0.25, 0.3) is 11.3 Å². The Morgan fingerprint density at radius 3 is 2.19 bits per heavy atom. The van der Waals surface area contributed by atoms with Crippen LogP contribution in [-0.2, 0) is 0 Å². The minimum atomic E-state index is 0.559. The third-order valence-corrected chi connectivity index (χ3v) is 5.97. The Morgan fingerprint density at radius 1 is 0.968 bits per heavy atom. The van der Waals surface area contributed by atoms with Gasteiger partial charge in [-0.15, -0.1) is 11.3 Å². The third kappa shape index (κ3) is 4.66. The van der Waals surface area contributed by atoms with Crippen LogP contribution in [0.2, 0.25) is 0 Å². The number of thiazole rings is 1. The molecule has 3 rings (SSSR count). The van der Waals surface area contributed by atoms with Crippen molar-refractivity contribution in [3.8, 4) is 28.5 Å². The molecule has 6 nitrogen and oxygen atoms in total. The quantitative estimate of drug-likeness (QED) is 0.484. The largest absolute Gasteiger partial charge is 0.493 e. The average Bonchev–Trinajstić information content (AvgIpc) is 3.16. The molecule has 0 radical (unpaired) electrons. The second kappa shape index (κ2) is 9.83. The molecule has 0 amide bonds. The van der Waals surface area contributed by atoms with Crippen molar-refractivity contribution in [1.29, 1.82) is 0 Å². The van der Waals surface area contributed by atoms with Crippen molar-refractivity contribution in [3.63, 3.8) is 0 Å². The molecular formula is C24H29N3O3S. The number of nitrogens with zero attached hydrogens (tertiary/aromatic N) is 3. The lowest BCUT2D eigenvalue weighted by molar-refractivity contribution is 0.324. The molecule has 2 aromatic carbocycles. The van der Waals surface area contributed by atoms with Crippen LogP contribution in [0.4, 0.5) is 0 Å². The van der Waals surface area contributed by atoms with Gasteiger partial charge in [0, 0.05) is 17.5 Å². The zero-order valence-corrected chi connectivity index (χ0v) is 20.0. The first kappa shape index (κ1) is 22.6. The normalized spacial score (nSPS) is 12.2. The lowest BCUT2D eigenvalue weighted by atomic mass is 10.0. The van der Waals surface area contributed by atoms with Gasteiger partial charge in [-0.2, -0.15) is 5.10 Å². The zero-order valence-electron chi connectivity index (χ0n) is 19.1. The van der Waals surface area contributed by atoms with E-state index in [4.69, 9.17) is 19.3 Å². The van der Waals surface area contributed by atoms with Crippen LogP contribution in [0.5, 0.6) is 17.2 Å². The SMILES string of the molecule is CCN=c1scc(-c2cc(OC)c(OC)c(OC)c2)n1N=C(C)c1ccc(C)c(C)c1. The molecule has 0 aliphatic heterocycles. The molecule has 3 aromatic rings. The summed E-state index contributed by atoms with van der Waals surface area (Å²) in [6, 6.07) is 10.2. The molecule has 0 saturated heterocycles. The van der Waals surface area contributed by atoms with Crippen molar-refractivity contribution in [2.24, 2.45) is 10.1 Å².